The Morgan fingerprint density at radius 3 is 2.76 bits per heavy atom. The van der Waals surface area contributed by atoms with Crippen LogP contribution in [0.1, 0.15) is 11.1 Å². The molecule has 0 bridgehead atoms. The van der Waals surface area contributed by atoms with Crippen LogP contribution in [0.25, 0.3) is 0 Å². The first-order valence-corrected chi connectivity index (χ1v) is 8.32. The van der Waals surface area contributed by atoms with Crippen LogP contribution in [0.2, 0.25) is 0 Å². The number of hydrogen-bond acceptors (Lipinski definition) is 3. The van der Waals surface area contributed by atoms with E-state index in [1.165, 1.54) is 23.9 Å². The molecular formula is C17H13F3N2O2S. The maximum Gasteiger partial charge on any atom is 0.416 e. The second kappa shape index (κ2) is 6.79. The van der Waals surface area contributed by atoms with Crippen LogP contribution in [0, 0.1) is 0 Å². The summed E-state index contributed by atoms with van der Waals surface area (Å²) in [7, 11) is 0. The molecule has 25 heavy (non-hydrogen) atoms. The summed E-state index contributed by atoms with van der Waals surface area (Å²) < 4.78 is 38.1. The third-order valence-corrected chi connectivity index (χ3v) is 4.59. The molecule has 2 aromatic rings. The van der Waals surface area contributed by atoms with E-state index in [1.54, 1.807) is 18.2 Å². The second-order valence-electron chi connectivity index (χ2n) is 5.47. The molecule has 0 atom stereocenters. The van der Waals surface area contributed by atoms with E-state index in [-0.39, 0.29) is 17.9 Å². The largest absolute Gasteiger partial charge is 0.416 e. The molecule has 0 aromatic heterocycles. The number of hydrogen-bond donors (Lipinski definition) is 2. The lowest BCUT2D eigenvalue weighted by Crippen LogP contribution is -2.19. The Bertz CT molecular complexity index is 837. The number of nitrogens with one attached hydrogen (secondary N) is 2. The van der Waals surface area contributed by atoms with Gasteiger partial charge >= 0.3 is 6.18 Å². The Morgan fingerprint density at radius 1 is 1.20 bits per heavy atom. The normalized spacial score (nSPS) is 13.8. The minimum atomic E-state index is -4.44. The van der Waals surface area contributed by atoms with Gasteiger partial charge in [-0.05, 0) is 29.8 Å². The summed E-state index contributed by atoms with van der Waals surface area (Å²) in [4.78, 5) is 24.4. The molecule has 8 heteroatoms. The molecule has 0 fully saturated rings. The van der Waals surface area contributed by atoms with Gasteiger partial charge < -0.3 is 10.6 Å². The maximum absolute atomic E-state index is 12.7. The van der Waals surface area contributed by atoms with Gasteiger partial charge in [-0.15, -0.1) is 11.8 Å². The monoisotopic (exact) mass is 366 g/mol. The highest BCUT2D eigenvalue weighted by atomic mass is 32.2. The van der Waals surface area contributed by atoms with Gasteiger partial charge in [0.15, 0.2) is 0 Å². The van der Waals surface area contributed by atoms with E-state index in [2.05, 4.69) is 10.6 Å². The number of alkyl halides is 3. The number of carbonyl (C=O) groups excluding carboxylic acids is 2. The Morgan fingerprint density at radius 2 is 2.00 bits per heavy atom. The van der Waals surface area contributed by atoms with Gasteiger partial charge in [0.25, 0.3) is 0 Å². The minimum Gasteiger partial charge on any atom is -0.326 e. The molecule has 1 aliphatic rings. The van der Waals surface area contributed by atoms with Crippen molar-refractivity contribution >= 4 is 35.0 Å². The molecule has 2 amide bonds. The fourth-order valence-electron chi connectivity index (χ4n) is 2.41. The molecule has 0 saturated carbocycles. The van der Waals surface area contributed by atoms with Crippen LogP contribution in [0.3, 0.4) is 0 Å². The zero-order valence-electron chi connectivity index (χ0n) is 12.8. The van der Waals surface area contributed by atoms with Gasteiger partial charge in [-0.3, -0.25) is 9.59 Å². The average molecular weight is 366 g/mol. The second-order valence-corrected chi connectivity index (χ2v) is 6.49. The number of anilines is 2. The number of rotatable bonds is 3. The molecule has 2 N–H and O–H groups in total. The summed E-state index contributed by atoms with van der Waals surface area (Å²) in [6, 6.07) is 9.76. The summed E-state index contributed by atoms with van der Waals surface area (Å²) in [6.07, 6.45) is -4.62. The predicted octanol–water partition coefficient (Wildman–Crippen LogP) is 3.93. The topological polar surface area (TPSA) is 58.2 Å². The van der Waals surface area contributed by atoms with Crippen LogP contribution in [0.4, 0.5) is 24.5 Å². The molecule has 3 rings (SSSR count). The molecule has 4 nitrogen and oxygen atoms in total. The van der Waals surface area contributed by atoms with E-state index in [1.807, 2.05) is 0 Å². The molecular weight excluding hydrogens is 353 g/mol. The Labute approximate surface area is 145 Å². The third-order valence-electron chi connectivity index (χ3n) is 3.52. The van der Waals surface area contributed by atoms with E-state index in [9.17, 15) is 22.8 Å². The predicted molar refractivity (Wildman–Crippen MR) is 89.6 cm³/mol. The fourth-order valence-corrected chi connectivity index (χ4v) is 3.20. The average Bonchev–Trinajstić information content (AvgIpc) is 2.53. The first kappa shape index (κ1) is 17.3. The minimum absolute atomic E-state index is 0.120. The smallest absolute Gasteiger partial charge is 0.326 e. The lowest BCUT2D eigenvalue weighted by molar-refractivity contribution is -0.137. The van der Waals surface area contributed by atoms with Crippen molar-refractivity contribution in [3.8, 4) is 0 Å². The number of carbonyl (C=O) groups is 2. The van der Waals surface area contributed by atoms with E-state index in [0.29, 0.717) is 17.1 Å². The van der Waals surface area contributed by atoms with Gasteiger partial charge in [0.1, 0.15) is 0 Å². The maximum atomic E-state index is 12.7. The van der Waals surface area contributed by atoms with Crippen molar-refractivity contribution in [2.24, 2.45) is 0 Å². The van der Waals surface area contributed by atoms with Crippen molar-refractivity contribution < 1.29 is 22.8 Å². The van der Waals surface area contributed by atoms with Crippen molar-refractivity contribution in [1.29, 1.82) is 0 Å². The zero-order chi connectivity index (χ0) is 18.0. The van der Waals surface area contributed by atoms with Gasteiger partial charge in [-0.2, -0.15) is 13.2 Å². The SMILES string of the molecule is O=C(Cc1cccc(C(F)(F)F)c1)Nc1ccc2c(c1)NC(=O)CS2. The molecule has 0 saturated heterocycles. The first-order valence-electron chi connectivity index (χ1n) is 7.34. The van der Waals surface area contributed by atoms with Gasteiger partial charge in [0.2, 0.25) is 11.8 Å². The van der Waals surface area contributed by atoms with Gasteiger partial charge in [-0.1, -0.05) is 18.2 Å². The van der Waals surface area contributed by atoms with E-state index >= 15 is 0 Å². The molecule has 0 radical (unpaired) electrons. The van der Waals surface area contributed by atoms with Crippen LogP contribution in [0.15, 0.2) is 47.4 Å². The summed E-state index contributed by atoms with van der Waals surface area (Å²) >= 11 is 1.40. The number of fused-ring (bicyclic) bond motifs is 1. The summed E-state index contributed by atoms with van der Waals surface area (Å²) in [6.45, 7) is 0. The number of amides is 2. The highest BCUT2D eigenvalue weighted by Crippen LogP contribution is 2.33. The van der Waals surface area contributed by atoms with Crippen LogP contribution in [0.5, 0.6) is 0 Å². The molecule has 1 heterocycles. The van der Waals surface area contributed by atoms with E-state index < -0.39 is 17.6 Å². The van der Waals surface area contributed by atoms with Crippen LogP contribution >= 0.6 is 11.8 Å². The van der Waals surface area contributed by atoms with Crippen molar-refractivity contribution in [3.63, 3.8) is 0 Å². The number of benzene rings is 2. The Balaban J connectivity index is 1.69. The zero-order valence-corrected chi connectivity index (χ0v) is 13.6. The Kier molecular flexibility index (Phi) is 4.71. The number of thioether (sulfide) groups is 1. The van der Waals surface area contributed by atoms with E-state index in [0.717, 1.165) is 17.0 Å². The number of halogens is 3. The molecule has 2 aromatic carbocycles. The fraction of sp³-hybridized carbons (Fsp3) is 0.176. The van der Waals surface area contributed by atoms with Gasteiger partial charge in [-0.25, -0.2) is 0 Å². The standard InChI is InChI=1S/C17H13F3N2O2S/c18-17(19,20)11-3-1-2-10(6-11)7-15(23)21-12-4-5-14-13(8-12)22-16(24)9-25-14/h1-6,8H,7,9H2,(H,21,23)(H,22,24). The van der Waals surface area contributed by atoms with Crippen molar-refractivity contribution in [2.75, 3.05) is 16.4 Å². The van der Waals surface area contributed by atoms with E-state index in [4.69, 9.17) is 0 Å². The molecule has 130 valence electrons. The van der Waals surface area contributed by atoms with Crippen molar-refractivity contribution in [3.05, 3.63) is 53.6 Å². The van der Waals surface area contributed by atoms with Crippen LogP contribution in [-0.2, 0) is 22.2 Å². The van der Waals surface area contributed by atoms with Gasteiger partial charge in [0, 0.05) is 10.6 Å². The highest BCUT2D eigenvalue weighted by Gasteiger charge is 2.30. The highest BCUT2D eigenvalue weighted by molar-refractivity contribution is 8.00. The lowest BCUT2D eigenvalue weighted by Gasteiger charge is -2.17. The third kappa shape index (κ3) is 4.33. The van der Waals surface area contributed by atoms with Crippen molar-refractivity contribution in [1.82, 2.24) is 0 Å². The van der Waals surface area contributed by atoms with Crippen molar-refractivity contribution in [2.45, 2.75) is 17.5 Å². The molecule has 1 aliphatic heterocycles. The quantitative estimate of drug-likeness (QED) is 0.865. The summed E-state index contributed by atoms with van der Waals surface area (Å²) in [5, 5.41) is 5.34. The van der Waals surface area contributed by atoms with Crippen LogP contribution < -0.4 is 10.6 Å². The lowest BCUT2D eigenvalue weighted by atomic mass is 10.1. The van der Waals surface area contributed by atoms with Crippen LogP contribution in [-0.4, -0.2) is 17.6 Å². The Hall–Kier alpha value is -2.48. The molecule has 0 spiro atoms. The summed E-state index contributed by atoms with van der Waals surface area (Å²) in [5.74, 6) is -0.215. The molecule has 0 unspecified atom stereocenters. The van der Waals surface area contributed by atoms with Gasteiger partial charge in [0.05, 0.1) is 23.4 Å². The summed E-state index contributed by atoms with van der Waals surface area (Å²) in [5.41, 5.74) is 0.567. The first-order chi connectivity index (χ1) is 11.8. The molecule has 0 aliphatic carbocycles.